The highest BCUT2D eigenvalue weighted by Gasteiger charge is 2.37. The van der Waals surface area contributed by atoms with Crippen LogP contribution in [0.25, 0.3) is 0 Å². The molecule has 0 saturated carbocycles. The van der Waals surface area contributed by atoms with Gasteiger partial charge < -0.3 is 5.73 Å². The zero-order valence-corrected chi connectivity index (χ0v) is 13.0. The average molecular weight is 284 g/mol. The minimum absolute atomic E-state index is 0.320. The number of rotatable bonds is 6. The molecule has 0 aliphatic heterocycles. The van der Waals surface area contributed by atoms with Crippen LogP contribution in [0.15, 0.2) is 29.2 Å². The van der Waals surface area contributed by atoms with Crippen molar-refractivity contribution in [1.82, 2.24) is 4.31 Å². The Labute approximate surface area is 116 Å². The van der Waals surface area contributed by atoms with E-state index in [9.17, 15) is 8.42 Å². The third-order valence-corrected chi connectivity index (χ3v) is 6.02. The predicted octanol–water partition coefficient (Wildman–Crippen LogP) is 2.13. The summed E-state index contributed by atoms with van der Waals surface area (Å²) in [4.78, 5) is 0.320. The summed E-state index contributed by atoms with van der Waals surface area (Å²) in [6.07, 6.45) is 1.39. The van der Waals surface area contributed by atoms with E-state index in [0.717, 1.165) is 5.56 Å². The molecule has 1 aromatic rings. The van der Waals surface area contributed by atoms with Crippen LogP contribution in [-0.2, 0) is 10.0 Å². The third kappa shape index (κ3) is 2.99. The summed E-state index contributed by atoms with van der Waals surface area (Å²) >= 11 is 0. The normalized spacial score (nSPS) is 12.9. The summed E-state index contributed by atoms with van der Waals surface area (Å²) in [5.41, 5.74) is 6.35. The van der Waals surface area contributed by atoms with Crippen LogP contribution in [0.4, 0.5) is 0 Å². The Morgan fingerprint density at radius 3 is 2.00 bits per heavy atom. The maximum atomic E-state index is 12.6. The van der Waals surface area contributed by atoms with Crippen LogP contribution in [0.2, 0.25) is 0 Å². The van der Waals surface area contributed by atoms with Crippen LogP contribution in [0.1, 0.15) is 32.3 Å². The van der Waals surface area contributed by atoms with Crippen molar-refractivity contribution < 1.29 is 8.42 Å². The maximum Gasteiger partial charge on any atom is 0.243 e. The molecular formula is C14H24N2O2S. The molecule has 0 fully saturated rings. The Morgan fingerprint density at radius 1 is 1.16 bits per heavy atom. The molecule has 5 heteroatoms. The number of hydrogen-bond donors (Lipinski definition) is 1. The lowest BCUT2D eigenvalue weighted by Crippen LogP contribution is -2.53. The van der Waals surface area contributed by atoms with E-state index in [-0.39, 0.29) is 0 Å². The van der Waals surface area contributed by atoms with E-state index in [0.29, 0.717) is 24.3 Å². The quantitative estimate of drug-likeness (QED) is 0.870. The molecule has 0 aliphatic rings. The fourth-order valence-electron chi connectivity index (χ4n) is 2.24. The van der Waals surface area contributed by atoms with Crippen LogP contribution in [0, 0.1) is 6.92 Å². The van der Waals surface area contributed by atoms with Gasteiger partial charge in [-0.15, -0.1) is 0 Å². The number of hydrogen-bond acceptors (Lipinski definition) is 3. The van der Waals surface area contributed by atoms with E-state index < -0.39 is 15.6 Å². The van der Waals surface area contributed by atoms with Crippen molar-refractivity contribution in [2.24, 2.45) is 5.73 Å². The molecule has 0 bridgehead atoms. The molecule has 0 amide bonds. The SMILES string of the molecule is CCC(CC)(CN)N(C)S(=O)(=O)c1ccc(C)cc1. The first-order valence-corrected chi connectivity index (χ1v) is 8.04. The molecule has 2 N–H and O–H groups in total. The fraction of sp³-hybridized carbons (Fsp3) is 0.571. The summed E-state index contributed by atoms with van der Waals surface area (Å²) < 4.78 is 26.7. The van der Waals surface area contributed by atoms with Crippen molar-refractivity contribution in [3.63, 3.8) is 0 Å². The number of likely N-dealkylation sites (N-methyl/N-ethyl adjacent to an activating group) is 1. The lowest BCUT2D eigenvalue weighted by Gasteiger charge is -2.38. The lowest BCUT2D eigenvalue weighted by molar-refractivity contribution is 0.208. The van der Waals surface area contributed by atoms with Gasteiger partial charge in [-0.25, -0.2) is 8.42 Å². The van der Waals surface area contributed by atoms with E-state index >= 15 is 0 Å². The van der Waals surface area contributed by atoms with Gasteiger partial charge in [-0.05, 0) is 31.9 Å². The van der Waals surface area contributed by atoms with Gasteiger partial charge in [-0.3, -0.25) is 0 Å². The minimum atomic E-state index is -3.50. The maximum absolute atomic E-state index is 12.6. The highest BCUT2D eigenvalue weighted by molar-refractivity contribution is 7.89. The molecule has 0 unspecified atom stereocenters. The molecule has 1 rings (SSSR count). The molecule has 0 saturated heterocycles. The molecular weight excluding hydrogens is 260 g/mol. The van der Waals surface area contributed by atoms with Crippen LogP contribution < -0.4 is 5.73 Å². The molecule has 1 aromatic carbocycles. The highest BCUT2D eigenvalue weighted by atomic mass is 32.2. The number of sulfonamides is 1. The summed E-state index contributed by atoms with van der Waals surface area (Å²) in [6.45, 7) is 6.19. The molecule has 4 nitrogen and oxygen atoms in total. The lowest BCUT2D eigenvalue weighted by atomic mass is 9.93. The Bertz CT molecular complexity index is 496. The summed E-state index contributed by atoms with van der Waals surface area (Å²) in [6, 6.07) is 6.91. The van der Waals surface area contributed by atoms with Crippen molar-refractivity contribution in [2.75, 3.05) is 13.6 Å². The zero-order chi connectivity index (χ0) is 14.7. The number of nitrogens with two attached hydrogens (primary N) is 1. The van der Waals surface area contributed by atoms with Crippen LogP contribution in [0.5, 0.6) is 0 Å². The number of aryl methyl sites for hydroxylation is 1. The molecule has 0 spiro atoms. The largest absolute Gasteiger partial charge is 0.329 e. The van der Waals surface area contributed by atoms with Crippen LogP contribution in [-0.4, -0.2) is 31.9 Å². The Kier molecular flexibility index (Phi) is 5.12. The Morgan fingerprint density at radius 2 is 1.63 bits per heavy atom. The summed E-state index contributed by atoms with van der Waals surface area (Å²) in [7, 11) is -1.88. The summed E-state index contributed by atoms with van der Waals surface area (Å²) in [5.74, 6) is 0. The smallest absolute Gasteiger partial charge is 0.243 e. The van der Waals surface area contributed by atoms with Gasteiger partial charge in [0.15, 0.2) is 0 Å². The van der Waals surface area contributed by atoms with E-state index in [2.05, 4.69) is 0 Å². The van der Waals surface area contributed by atoms with Crippen LogP contribution in [0.3, 0.4) is 0 Å². The third-order valence-electron chi connectivity index (χ3n) is 4.04. The van der Waals surface area contributed by atoms with E-state index in [1.165, 1.54) is 4.31 Å². The van der Waals surface area contributed by atoms with E-state index in [1.54, 1.807) is 19.2 Å². The minimum Gasteiger partial charge on any atom is -0.329 e. The Hall–Kier alpha value is -0.910. The van der Waals surface area contributed by atoms with Gasteiger partial charge in [0.25, 0.3) is 0 Å². The number of nitrogens with zero attached hydrogens (tertiary/aromatic N) is 1. The average Bonchev–Trinajstić information content (AvgIpc) is 2.41. The van der Waals surface area contributed by atoms with Gasteiger partial charge in [0.2, 0.25) is 10.0 Å². The zero-order valence-electron chi connectivity index (χ0n) is 12.2. The van der Waals surface area contributed by atoms with Gasteiger partial charge in [-0.2, -0.15) is 4.31 Å². The second-order valence-electron chi connectivity index (χ2n) is 4.92. The number of benzene rings is 1. The first kappa shape index (κ1) is 16.1. The van der Waals surface area contributed by atoms with Gasteiger partial charge in [-0.1, -0.05) is 31.5 Å². The van der Waals surface area contributed by atoms with Crippen molar-refractivity contribution in [3.05, 3.63) is 29.8 Å². The standard InChI is InChI=1S/C14H24N2O2S/c1-5-14(6-2,11-15)16(4)19(17,18)13-9-7-12(3)8-10-13/h7-10H,5-6,11,15H2,1-4H3. The van der Waals surface area contributed by atoms with E-state index in [4.69, 9.17) is 5.73 Å². The van der Waals surface area contributed by atoms with Crippen molar-refractivity contribution in [3.8, 4) is 0 Å². The van der Waals surface area contributed by atoms with Crippen LogP contribution >= 0.6 is 0 Å². The molecule has 0 heterocycles. The first-order chi connectivity index (χ1) is 8.84. The molecule has 0 aliphatic carbocycles. The topological polar surface area (TPSA) is 63.4 Å². The van der Waals surface area contributed by atoms with Gasteiger partial charge >= 0.3 is 0 Å². The fourth-order valence-corrected chi connectivity index (χ4v) is 3.87. The summed E-state index contributed by atoms with van der Waals surface area (Å²) in [5, 5.41) is 0. The van der Waals surface area contributed by atoms with Crippen molar-refractivity contribution >= 4 is 10.0 Å². The molecule has 108 valence electrons. The molecule has 19 heavy (non-hydrogen) atoms. The second-order valence-corrected chi connectivity index (χ2v) is 6.89. The van der Waals surface area contributed by atoms with Crippen molar-refractivity contribution in [2.45, 2.75) is 44.0 Å². The first-order valence-electron chi connectivity index (χ1n) is 6.60. The molecule has 0 atom stereocenters. The molecule has 0 radical (unpaired) electrons. The van der Waals surface area contributed by atoms with Crippen molar-refractivity contribution in [1.29, 1.82) is 0 Å². The van der Waals surface area contributed by atoms with Gasteiger partial charge in [0.1, 0.15) is 0 Å². The second kappa shape index (κ2) is 6.03. The van der Waals surface area contributed by atoms with Gasteiger partial charge in [0, 0.05) is 19.1 Å². The van der Waals surface area contributed by atoms with E-state index in [1.807, 2.05) is 32.9 Å². The highest BCUT2D eigenvalue weighted by Crippen LogP contribution is 2.28. The monoisotopic (exact) mass is 284 g/mol. The van der Waals surface area contributed by atoms with Gasteiger partial charge in [0.05, 0.1) is 4.90 Å². The predicted molar refractivity (Wildman–Crippen MR) is 78.5 cm³/mol. The Balaban J connectivity index is 3.22. The molecule has 0 aromatic heterocycles.